The predicted octanol–water partition coefficient (Wildman–Crippen LogP) is 2.60. The minimum atomic E-state index is -0.264. The van der Waals surface area contributed by atoms with Crippen LogP contribution in [-0.4, -0.2) is 17.0 Å². The van der Waals surface area contributed by atoms with Crippen molar-refractivity contribution in [1.82, 2.24) is 0 Å². The molecule has 0 atom stereocenters. The fourth-order valence-corrected chi connectivity index (χ4v) is 2.46. The van der Waals surface area contributed by atoms with Gasteiger partial charge in [0.1, 0.15) is 17.6 Å². The largest absolute Gasteiger partial charge is 0.508 e. The van der Waals surface area contributed by atoms with Crippen LogP contribution in [-0.2, 0) is 0 Å². The standard InChI is InChI=1S/C16H10O6/c17-9-1-2-10-13(5-9)20-6-11(15(10)19)8-3-12(18)16-14(4-8)21-7-22-16/h1-6,17-18H,7H2. The molecular formula is C16H10O6. The molecule has 0 spiro atoms. The number of rotatable bonds is 1. The number of phenols is 2. The molecule has 0 radical (unpaired) electrons. The van der Waals surface area contributed by atoms with Crippen molar-refractivity contribution in [2.24, 2.45) is 0 Å². The number of phenolic OH excluding ortho intramolecular Hbond substituents is 2. The van der Waals surface area contributed by atoms with Gasteiger partial charge in [0.15, 0.2) is 16.9 Å². The van der Waals surface area contributed by atoms with Gasteiger partial charge in [0.05, 0.1) is 10.9 Å². The van der Waals surface area contributed by atoms with Gasteiger partial charge in [-0.2, -0.15) is 0 Å². The summed E-state index contributed by atoms with van der Waals surface area (Å²) in [6, 6.07) is 7.32. The minimum absolute atomic E-state index is 0.0177. The van der Waals surface area contributed by atoms with Crippen molar-refractivity contribution in [3.63, 3.8) is 0 Å². The highest BCUT2D eigenvalue weighted by Crippen LogP contribution is 2.43. The lowest BCUT2D eigenvalue weighted by molar-refractivity contribution is 0.171. The Labute approximate surface area is 123 Å². The number of hydrogen-bond donors (Lipinski definition) is 2. The number of ether oxygens (including phenoxy) is 2. The SMILES string of the molecule is O=c1c(-c2cc(O)c3c(c2)OCO3)coc2cc(O)ccc12. The van der Waals surface area contributed by atoms with Gasteiger partial charge in [-0.25, -0.2) is 0 Å². The summed E-state index contributed by atoms with van der Waals surface area (Å²) in [6.45, 7) is 0.0257. The first-order valence-corrected chi connectivity index (χ1v) is 6.51. The van der Waals surface area contributed by atoms with Gasteiger partial charge in [-0.1, -0.05) is 0 Å². The quantitative estimate of drug-likeness (QED) is 0.718. The monoisotopic (exact) mass is 298 g/mol. The van der Waals surface area contributed by atoms with Crippen LogP contribution in [0.5, 0.6) is 23.0 Å². The van der Waals surface area contributed by atoms with Gasteiger partial charge in [-0.3, -0.25) is 4.79 Å². The van der Waals surface area contributed by atoms with Crippen molar-refractivity contribution in [2.45, 2.75) is 0 Å². The van der Waals surface area contributed by atoms with Crippen LogP contribution in [0.4, 0.5) is 0 Å². The fraction of sp³-hybridized carbons (Fsp3) is 0.0625. The maximum absolute atomic E-state index is 12.6. The van der Waals surface area contributed by atoms with Gasteiger partial charge in [-0.05, 0) is 29.8 Å². The van der Waals surface area contributed by atoms with E-state index in [1.807, 2.05) is 0 Å². The van der Waals surface area contributed by atoms with Crippen molar-refractivity contribution in [3.05, 3.63) is 46.8 Å². The Morgan fingerprint density at radius 3 is 2.77 bits per heavy atom. The third-order valence-corrected chi connectivity index (χ3v) is 3.52. The van der Waals surface area contributed by atoms with Crippen LogP contribution in [0.15, 0.2) is 45.8 Å². The summed E-state index contributed by atoms with van der Waals surface area (Å²) in [5.74, 6) is 0.554. The van der Waals surface area contributed by atoms with Crippen LogP contribution in [0, 0.1) is 0 Å². The van der Waals surface area contributed by atoms with Crippen molar-refractivity contribution >= 4 is 11.0 Å². The van der Waals surface area contributed by atoms with Crippen LogP contribution in [0.3, 0.4) is 0 Å². The maximum Gasteiger partial charge on any atom is 0.231 e. The second kappa shape index (κ2) is 4.42. The molecule has 0 bridgehead atoms. The van der Waals surface area contributed by atoms with Crippen molar-refractivity contribution in [3.8, 4) is 34.1 Å². The Morgan fingerprint density at radius 2 is 1.91 bits per heavy atom. The summed E-state index contributed by atoms with van der Waals surface area (Å²) in [5.41, 5.74) is 0.774. The highest BCUT2D eigenvalue weighted by atomic mass is 16.7. The summed E-state index contributed by atoms with van der Waals surface area (Å²) in [6.07, 6.45) is 1.29. The van der Waals surface area contributed by atoms with E-state index >= 15 is 0 Å². The van der Waals surface area contributed by atoms with Crippen molar-refractivity contribution in [1.29, 1.82) is 0 Å². The molecule has 0 saturated carbocycles. The Morgan fingerprint density at radius 1 is 1.05 bits per heavy atom. The second-order valence-corrected chi connectivity index (χ2v) is 4.89. The van der Waals surface area contributed by atoms with Crippen molar-refractivity contribution in [2.75, 3.05) is 6.79 Å². The Kier molecular flexibility index (Phi) is 2.53. The van der Waals surface area contributed by atoms with Gasteiger partial charge >= 0.3 is 0 Å². The number of benzene rings is 2. The third kappa shape index (κ3) is 1.77. The molecule has 1 aliphatic heterocycles. The van der Waals surface area contributed by atoms with Crippen LogP contribution >= 0.6 is 0 Å². The first-order chi connectivity index (χ1) is 10.6. The molecule has 1 aliphatic rings. The Bertz CT molecular complexity index is 957. The Balaban J connectivity index is 1.95. The molecule has 0 saturated heterocycles. The van der Waals surface area contributed by atoms with Gasteiger partial charge in [-0.15, -0.1) is 0 Å². The van der Waals surface area contributed by atoms with Crippen molar-refractivity contribution < 1.29 is 24.1 Å². The molecule has 0 unspecified atom stereocenters. The Hall–Kier alpha value is -3.15. The molecule has 110 valence electrons. The lowest BCUT2D eigenvalue weighted by Gasteiger charge is -2.06. The summed E-state index contributed by atoms with van der Waals surface area (Å²) in [5, 5.41) is 19.7. The summed E-state index contributed by atoms with van der Waals surface area (Å²) < 4.78 is 15.8. The number of fused-ring (bicyclic) bond motifs is 2. The smallest absolute Gasteiger partial charge is 0.231 e. The van der Waals surface area contributed by atoms with E-state index in [4.69, 9.17) is 13.9 Å². The summed E-state index contributed by atoms with van der Waals surface area (Å²) in [7, 11) is 0. The molecule has 6 nitrogen and oxygen atoms in total. The van der Waals surface area contributed by atoms with Gasteiger partial charge in [0.25, 0.3) is 0 Å². The molecular weight excluding hydrogens is 288 g/mol. The van der Waals surface area contributed by atoms with Crippen LogP contribution in [0.2, 0.25) is 0 Å². The zero-order chi connectivity index (χ0) is 15.3. The van der Waals surface area contributed by atoms with E-state index in [0.29, 0.717) is 22.3 Å². The third-order valence-electron chi connectivity index (χ3n) is 3.52. The van der Waals surface area contributed by atoms with E-state index < -0.39 is 0 Å². The molecule has 6 heteroatoms. The highest BCUT2D eigenvalue weighted by molar-refractivity contribution is 5.83. The molecule has 1 aromatic heterocycles. The topological polar surface area (TPSA) is 89.1 Å². The zero-order valence-corrected chi connectivity index (χ0v) is 11.2. The first kappa shape index (κ1) is 12.6. The van der Waals surface area contributed by atoms with Gasteiger partial charge in [0.2, 0.25) is 12.5 Å². The van der Waals surface area contributed by atoms with Crippen LogP contribution in [0.25, 0.3) is 22.1 Å². The summed E-state index contributed by atoms with van der Waals surface area (Å²) >= 11 is 0. The number of hydrogen-bond acceptors (Lipinski definition) is 6. The molecule has 0 fully saturated rings. The first-order valence-electron chi connectivity index (χ1n) is 6.51. The van der Waals surface area contributed by atoms with Gasteiger partial charge in [0, 0.05) is 6.07 Å². The average molecular weight is 298 g/mol. The normalized spacial score (nSPS) is 12.7. The average Bonchev–Trinajstić information content (AvgIpc) is 2.96. The van der Waals surface area contributed by atoms with Gasteiger partial charge < -0.3 is 24.1 Å². The predicted molar refractivity (Wildman–Crippen MR) is 77.4 cm³/mol. The molecule has 2 aromatic carbocycles. The molecule has 0 amide bonds. The molecule has 2 N–H and O–H groups in total. The molecule has 3 aromatic rings. The van der Waals surface area contributed by atoms with Crippen LogP contribution < -0.4 is 14.9 Å². The lowest BCUT2D eigenvalue weighted by Crippen LogP contribution is -2.04. The summed E-state index contributed by atoms with van der Waals surface area (Å²) in [4.78, 5) is 12.6. The molecule has 22 heavy (non-hydrogen) atoms. The van der Waals surface area contributed by atoms with Crippen LogP contribution in [0.1, 0.15) is 0 Å². The molecule has 4 rings (SSSR count). The maximum atomic E-state index is 12.6. The van der Waals surface area contributed by atoms with E-state index in [9.17, 15) is 15.0 Å². The molecule has 0 aliphatic carbocycles. The zero-order valence-electron chi connectivity index (χ0n) is 11.2. The van der Waals surface area contributed by atoms with E-state index in [-0.39, 0.29) is 35.0 Å². The van der Waals surface area contributed by atoms with E-state index in [2.05, 4.69) is 0 Å². The number of aromatic hydroxyl groups is 2. The van der Waals surface area contributed by atoms with E-state index in [0.717, 1.165) is 0 Å². The molecule has 2 heterocycles. The lowest BCUT2D eigenvalue weighted by atomic mass is 10.0. The highest BCUT2D eigenvalue weighted by Gasteiger charge is 2.21. The fourth-order valence-electron chi connectivity index (χ4n) is 2.46. The second-order valence-electron chi connectivity index (χ2n) is 4.89. The van der Waals surface area contributed by atoms with E-state index in [1.54, 1.807) is 6.07 Å². The van der Waals surface area contributed by atoms with E-state index in [1.165, 1.54) is 30.5 Å². The minimum Gasteiger partial charge on any atom is -0.508 e.